The van der Waals surface area contributed by atoms with E-state index in [0.29, 0.717) is 12.0 Å². The molecular formula is C14H17BrN2S. The average molecular weight is 325 g/mol. The van der Waals surface area contributed by atoms with Gasteiger partial charge in [-0.2, -0.15) is 0 Å². The summed E-state index contributed by atoms with van der Waals surface area (Å²) in [5, 5.41) is 6.79. The summed E-state index contributed by atoms with van der Waals surface area (Å²) in [5.41, 5.74) is 1.30. The Labute approximate surface area is 121 Å². The van der Waals surface area contributed by atoms with Gasteiger partial charge in [0.2, 0.25) is 0 Å². The summed E-state index contributed by atoms with van der Waals surface area (Å²) in [6, 6.07) is 8.78. The number of benzene rings is 1. The standard InChI is InChI=1S/C14H17BrN2S/c1-10(14-16-6-7-18-14)9-17-11(2)12-4-3-5-13(15)8-12/h3-8,10-11,17H,9H2,1-2H3. The van der Waals surface area contributed by atoms with Crippen molar-refractivity contribution in [2.75, 3.05) is 6.54 Å². The van der Waals surface area contributed by atoms with Crippen LogP contribution in [0.2, 0.25) is 0 Å². The molecule has 2 rings (SSSR count). The van der Waals surface area contributed by atoms with E-state index in [2.05, 4.69) is 64.3 Å². The van der Waals surface area contributed by atoms with Crippen molar-refractivity contribution < 1.29 is 0 Å². The third kappa shape index (κ3) is 3.64. The van der Waals surface area contributed by atoms with Gasteiger partial charge in [0.15, 0.2) is 0 Å². The van der Waals surface area contributed by atoms with Crippen LogP contribution in [0.1, 0.15) is 36.4 Å². The van der Waals surface area contributed by atoms with Gasteiger partial charge >= 0.3 is 0 Å². The van der Waals surface area contributed by atoms with Crippen LogP contribution in [0.5, 0.6) is 0 Å². The SMILES string of the molecule is CC(CNC(C)c1cccc(Br)c1)c1nccs1. The molecule has 96 valence electrons. The fourth-order valence-corrected chi connectivity index (χ4v) is 2.93. The molecule has 2 nitrogen and oxygen atoms in total. The van der Waals surface area contributed by atoms with Crippen LogP contribution < -0.4 is 5.32 Å². The molecule has 1 aromatic carbocycles. The minimum absolute atomic E-state index is 0.352. The molecule has 0 bridgehead atoms. The highest BCUT2D eigenvalue weighted by Crippen LogP contribution is 2.20. The summed E-state index contributed by atoms with van der Waals surface area (Å²) in [7, 11) is 0. The van der Waals surface area contributed by atoms with Gasteiger partial charge in [-0.3, -0.25) is 0 Å². The first-order valence-corrected chi connectivity index (χ1v) is 7.72. The Bertz CT molecular complexity index is 484. The Kier molecular flexibility index (Phi) is 4.92. The number of hydrogen-bond donors (Lipinski definition) is 1. The van der Waals surface area contributed by atoms with Gasteiger partial charge in [-0.1, -0.05) is 35.0 Å². The van der Waals surface area contributed by atoms with Crippen LogP contribution in [0.15, 0.2) is 40.3 Å². The Hall–Kier alpha value is -0.710. The number of hydrogen-bond acceptors (Lipinski definition) is 3. The topological polar surface area (TPSA) is 24.9 Å². The second kappa shape index (κ2) is 6.45. The molecule has 0 aliphatic heterocycles. The molecular weight excluding hydrogens is 308 g/mol. The Balaban J connectivity index is 1.90. The maximum Gasteiger partial charge on any atom is 0.0965 e. The van der Waals surface area contributed by atoms with Crippen LogP contribution in [-0.2, 0) is 0 Å². The van der Waals surface area contributed by atoms with Crippen molar-refractivity contribution in [2.24, 2.45) is 0 Å². The van der Waals surface area contributed by atoms with Crippen molar-refractivity contribution in [2.45, 2.75) is 25.8 Å². The van der Waals surface area contributed by atoms with E-state index in [1.807, 2.05) is 11.6 Å². The van der Waals surface area contributed by atoms with E-state index >= 15 is 0 Å². The second-order valence-electron chi connectivity index (χ2n) is 4.46. The third-order valence-corrected chi connectivity index (χ3v) is 4.45. The summed E-state index contributed by atoms with van der Waals surface area (Å²) in [5.74, 6) is 0.458. The first kappa shape index (κ1) is 13.7. The molecule has 2 unspecified atom stereocenters. The van der Waals surface area contributed by atoms with Crippen molar-refractivity contribution in [1.82, 2.24) is 10.3 Å². The van der Waals surface area contributed by atoms with Gasteiger partial charge in [0.05, 0.1) is 5.01 Å². The number of aromatic nitrogens is 1. The first-order chi connectivity index (χ1) is 8.66. The lowest BCUT2D eigenvalue weighted by Crippen LogP contribution is -2.23. The van der Waals surface area contributed by atoms with Gasteiger partial charge in [-0.25, -0.2) is 4.98 Å². The molecule has 0 aliphatic carbocycles. The zero-order chi connectivity index (χ0) is 13.0. The maximum atomic E-state index is 4.35. The van der Waals surface area contributed by atoms with Crippen molar-refractivity contribution in [3.05, 3.63) is 50.9 Å². The molecule has 2 atom stereocenters. The molecule has 1 aromatic heterocycles. The lowest BCUT2D eigenvalue weighted by Gasteiger charge is -2.17. The smallest absolute Gasteiger partial charge is 0.0965 e. The van der Waals surface area contributed by atoms with Crippen molar-refractivity contribution >= 4 is 27.3 Å². The number of halogens is 1. The van der Waals surface area contributed by atoms with E-state index in [1.54, 1.807) is 11.3 Å². The molecule has 0 fully saturated rings. The van der Waals surface area contributed by atoms with Crippen molar-refractivity contribution in [1.29, 1.82) is 0 Å². The normalized spacial score (nSPS) is 14.4. The fourth-order valence-electron chi connectivity index (χ4n) is 1.81. The molecule has 0 aliphatic rings. The maximum absolute atomic E-state index is 4.35. The molecule has 4 heteroatoms. The van der Waals surface area contributed by atoms with E-state index in [1.165, 1.54) is 10.6 Å². The lowest BCUT2D eigenvalue weighted by atomic mass is 10.1. The van der Waals surface area contributed by atoms with E-state index < -0.39 is 0 Å². The van der Waals surface area contributed by atoms with Crippen LogP contribution in [-0.4, -0.2) is 11.5 Å². The Morgan fingerprint density at radius 3 is 2.89 bits per heavy atom. The highest BCUT2D eigenvalue weighted by Gasteiger charge is 2.11. The van der Waals surface area contributed by atoms with Gasteiger partial charge in [-0.15, -0.1) is 11.3 Å². The molecule has 1 N–H and O–H groups in total. The van der Waals surface area contributed by atoms with E-state index in [-0.39, 0.29) is 0 Å². The highest BCUT2D eigenvalue weighted by atomic mass is 79.9. The molecule has 0 radical (unpaired) electrons. The first-order valence-electron chi connectivity index (χ1n) is 6.05. The summed E-state index contributed by atoms with van der Waals surface area (Å²) < 4.78 is 1.13. The minimum atomic E-state index is 0.352. The summed E-state index contributed by atoms with van der Waals surface area (Å²) >= 11 is 5.23. The Morgan fingerprint density at radius 1 is 1.39 bits per heavy atom. The van der Waals surface area contributed by atoms with Crippen molar-refractivity contribution in [3.63, 3.8) is 0 Å². The van der Waals surface area contributed by atoms with Gasteiger partial charge in [0.25, 0.3) is 0 Å². The highest BCUT2D eigenvalue weighted by molar-refractivity contribution is 9.10. The fraction of sp³-hybridized carbons (Fsp3) is 0.357. The molecule has 1 heterocycles. The van der Waals surface area contributed by atoms with E-state index in [0.717, 1.165) is 11.0 Å². The van der Waals surface area contributed by atoms with Crippen LogP contribution in [0.4, 0.5) is 0 Å². The number of rotatable bonds is 5. The van der Waals surface area contributed by atoms with Crippen LogP contribution in [0.25, 0.3) is 0 Å². The molecule has 0 saturated carbocycles. The van der Waals surface area contributed by atoms with E-state index in [9.17, 15) is 0 Å². The zero-order valence-corrected chi connectivity index (χ0v) is 13.0. The van der Waals surface area contributed by atoms with Crippen molar-refractivity contribution in [3.8, 4) is 0 Å². The summed E-state index contributed by atoms with van der Waals surface area (Å²) in [6.07, 6.45) is 1.87. The molecule has 0 amide bonds. The molecule has 2 aromatic rings. The van der Waals surface area contributed by atoms with Crippen LogP contribution in [0.3, 0.4) is 0 Å². The number of nitrogens with one attached hydrogen (secondary N) is 1. The quantitative estimate of drug-likeness (QED) is 0.883. The minimum Gasteiger partial charge on any atom is -0.310 e. The monoisotopic (exact) mass is 324 g/mol. The number of nitrogens with zero attached hydrogens (tertiary/aromatic N) is 1. The largest absolute Gasteiger partial charge is 0.310 e. The van der Waals surface area contributed by atoms with Gasteiger partial charge < -0.3 is 5.32 Å². The molecule has 18 heavy (non-hydrogen) atoms. The molecule has 0 spiro atoms. The van der Waals surface area contributed by atoms with Crippen LogP contribution >= 0.6 is 27.3 Å². The van der Waals surface area contributed by atoms with Gasteiger partial charge in [-0.05, 0) is 24.6 Å². The third-order valence-electron chi connectivity index (χ3n) is 2.95. The summed E-state index contributed by atoms with van der Waals surface area (Å²) in [4.78, 5) is 4.35. The van der Waals surface area contributed by atoms with Gasteiger partial charge in [0, 0.05) is 34.6 Å². The lowest BCUT2D eigenvalue weighted by molar-refractivity contribution is 0.536. The van der Waals surface area contributed by atoms with Crippen LogP contribution in [0, 0.1) is 0 Å². The predicted octanol–water partition coefficient (Wildman–Crippen LogP) is 4.36. The zero-order valence-electron chi connectivity index (χ0n) is 10.6. The van der Waals surface area contributed by atoms with E-state index in [4.69, 9.17) is 0 Å². The second-order valence-corrected chi connectivity index (χ2v) is 6.30. The summed E-state index contributed by atoms with van der Waals surface area (Å²) in [6.45, 7) is 5.34. The van der Waals surface area contributed by atoms with Gasteiger partial charge in [0.1, 0.15) is 0 Å². The predicted molar refractivity (Wildman–Crippen MR) is 81.1 cm³/mol. The Morgan fingerprint density at radius 2 is 2.22 bits per heavy atom. The average Bonchev–Trinajstić information content (AvgIpc) is 2.89. The number of thiazole rings is 1. The molecule has 0 saturated heterocycles.